The number of benzene rings is 2. The average molecular weight is 239 g/mol. The Morgan fingerprint density at radius 2 is 1.89 bits per heavy atom. The number of nitrogens with zero attached hydrogens (tertiary/aromatic N) is 1. The van der Waals surface area contributed by atoms with Crippen molar-refractivity contribution in [3.63, 3.8) is 0 Å². The Balaban J connectivity index is 1.98. The van der Waals surface area contributed by atoms with Gasteiger partial charge in [0.2, 0.25) is 0 Å². The molecule has 0 amide bonds. The van der Waals surface area contributed by atoms with Crippen molar-refractivity contribution in [1.29, 1.82) is 0 Å². The first-order chi connectivity index (χ1) is 8.88. The summed E-state index contributed by atoms with van der Waals surface area (Å²) in [6, 6.07) is 15.5. The monoisotopic (exact) mass is 239 g/mol. The van der Waals surface area contributed by atoms with Gasteiger partial charge in [-0.1, -0.05) is 42.5 Å². The summed E-state index contributed by atoms with van der Waals surface area (Å²) in [7, 11) is 0. The highest BCUT2D eigenvalue weighted by Crippen LogP contribution is 2.37. The Bertz CT molecular complexity index is 578. The van der Waals surface area contributed by atoms with Crippen molar-refractivity contribution in [2.45, 2.75) is 12.7 Å². The molecule has 1 aliphatic heterocycles. The van der Waals surface area contributed by atoms with Gasteiger partial charge in [-0.2, -0.15) is 0 Å². The number of hydrogen-bond donors (Lipinski definition) is 1. The van der Waals surface area contributed by atoms with Crippen molar-refractivity contribution < 1.29 is 9.84 Å². The molecule has 0 saturated heterocycles. The van der Waals surface area contributed by atoms with Crippen LogP contribution in [0.4, 0.5) is 5.69 Å². The number of hydrogen-bond acceptors (Lipinski definition) is 3. The van der Waals surface area contributed by atoms with Gasteiger partial charge in [-0.05, 0) is 11.6 Å². The van der Waals surface area contributed by atoms with Gasteiger partial charge in [-0.25, -0.2) is 0 Å². The van der Waals surface area contributed by atoms with E-state index in [0.29, 0.717) is 5.75 Å². The summed E-state index contributed by atoms with van der Waals surface area (Å²) in [5.74, 6) is 0.677. The normalized spacial score (nSPS) is 17.1. The summed E-state index contributed by atoms with van der Waals surface area (Å²) >= 11 is 0. The second kappa shape index (κ2) is 4.63. The van der Waals surface area contributed by atoms with Crippen LogP contribution in [0.2, 0.25) is 0 Å². The molecule has 0 fully saturated rings. The first-order valence-electron chi connectivity index (χ1n) is 5.87. The van der Waals surface area contributed by atoms with Crippen molar-refractivity contribution in [3.8, 4) is 5.75 Å². The lowest BCUT2D eigenvalue weighted by molar-refractivity contribution is 0.246. The first-order valence-corrected chi connectivity index (χ1v) is 5.87. The molecule has 18 heavy (non-hydrogen) atoms. The van der Waals surface area contributed by atoms with E-state index < -0.39 is 0 Å². The van der Waals surface area contributed by atoms with E-state index in [4.69, 9.17) is 4.74 Å². The first kappa shape index (κ1) is 11.0. The molecular formula is C15H13NO2. The minimum atomic E-state index is -0.189. The molecule has 1 unspecified atom stereocenters. The zero-order chi connectivity index (χ0) is 12.4. The van der Waals surface area contributed by atoms with Crippen LogP contribution in [-0.2, 0) is 6.61 Å². The lowest BCUT2D eigenvalue weighted by Crippen LogP contribution is -2.13. The number of para-hydroxylation sites is 1. The van der Waals surface area contributed by atoms with E-state index in [1.807, 2.05) is 48.5 Å². The van der Waals surface area contributed by atoms with Crippen LogP contribution in [0, 0.1) is 0 Å². The molecule has 1 aliphatic rings. The Kier molecular flexibility index (Phi) is 2.82. The van der Waals surface area contributed by atoms with Crippen molar-refractivity contribution in [1.82, 2.24) is 0 Å². The van der Waals surface area contributed by atoms with Gasteiger partial charge in [0.25, 0.3) is 0 Å². The minimum Gasteiger partial charge on any atom is -0.477 e. The molecule has 2 aromatic carbocycles. The number of rotatable bonds is 2. The van der Waals surface area contributed by atoms with E-state index in [1.165, 1.54) is 0 Å². The molecular weight excluding hydrogens is 226 g/mol. The van der Waals surface area contributed by atoms with E-state index in [-0.39, 0.29) is 12.7 Å². The fourth-order valence-corrected chi connectivity index (χ4v) is 2.04. The van der Waals surface area contributed by atoms with Gasteiger partial charge >= 0.3 is 0 Å². The van der Waals surface area contributed by atoms with Gasteiger partial charge in [-0.3, -0.25) is 4.99 Å². The van der Waals surface area contributed by atoms with Crippen LogP contribution < -0.4 is 4.74 Å². The van der Waals surface area contributed by atoms with Gasteiger partial charge < -0.3 is 9.84 Å². The van der Waals surface area contributed by atoms with Crippen LogP contribution >= 0.6 is 0 Å². The average Bonchev–Trinajstić information content (AvgIpc) is 2.47. The molecule has 3 nitrogen and oxygen atoms in total. The molecule has 0 aliphatic carbocycles. The second-order valence-corrected chi connectivity index (χ2v) is 4.15. The number of ether oxygens (including phenoxy) is 1. The zero-order valence-electron chi connectivity index (χ0n) is 9.78. The third-order valence-electron chi connectivity index (χ3n) is 2.97. The van der Waals surface area contributed by atoms with Gasteiger partial charge in [0.15, 0.2) is 11.9 Å². The lowest BCUT2D eigenvalue weighted by Gasteiger charge is -2.22. The number of aliphatic hydroxyl groups excluding tert-OH is 1. The number of aliphatic hydroxyl groups is 1. The molecule has 90 valence electrons. The van der Waals surface area contributed by atoms with E-state index in [9.17, 15) is 5.11 Å². The summed E-state index contributed by atoms with van der Waals surface area (Å²) in [5.41, 5.74) is 2.60. The molecule has 0 radical (unpaired) electrons. The largest absolute Gasteiger partial charge is 0.477 e. The molecule has 0 bridgehead atoms. The molecule has 0 saturated carbocycles. The Labute approximate surface area is 105 Å². The van der Waals surface area contributed by atoms with Gasteiger partial charge in [-0.15, -0.1) is 0 Å². The highest BCUT2D eigenvalue weighted by molar-refractivity contribution is 5.76. The smallest absolute Gasteiger partial charge is 0.159 e. The molecule has 1 heterocycles. The van der Waals surface area contributed by atoms with Crippen LogP contribution in [0.1, 0.15) is 17.2 Å². The maximum Gasteiger partial charge on any atom is 0.159 e. The summed E-state index contributed by atoms with van der Waals surface area (Å²) < 4.78 is 5.93. The van der Waals surface area contributed by atoms with Crippen molar-refractivity contribution in [2.24, 2.45) is 4.99 Å². The van der Waals surface area contributed by atoms with Crippen molar-refractivity contribution >= 4 is 11.9 Å². The SMILES string of the molecule is OCc1cccc2c1OC(c1ccccc1)C=N2. The highest BCUT2D eigenvalue weighted by atomic mass is 16.5. The Morgan fingerprint density at radius 1 is 1.06 bits per heavy atom. The topological polar surface area (TPSA) is 41.8 Å². The highest BCUT2D eigenvalue weighted by Gasteiger charge is 2.19. The van der Waals surface area contributed by atoms with Crippen LogP contribution in [0.5, 0.6) is 5.75 Å². The van der Waals surface area contributed by atoms with Crippen LogP contribution in [0.25, 0.3) is 0 Å². The van der Waals surface area contributed by atoms with Crippen LogP contribution in [0.3, 0.4) is 0 Å². The van der Waals surface area contributed by atoms with Crippen LogP contribution in [0.15, 0.2) is 53.5 Å². The van der Waals surface area contributed by atoms with Gasteiger partial charge in [0.05, 0.1) is 12.8 Å². The minimum absolute atomic E-state index is 0.0415. The van der Waals surface area contributed by atoms with E-state index in [2.05, 4.69) is 4.99 Å². The second-order valence-electron chi connectivity index (χ2n) is 4.15. The maximum absolute atomic E-state index is 9.32. The van der Waals surface area contributed by atoms with E-state index >= 15 is 0 Å². The molecule has 0 aromatic heterocycles. The summed E-state index contributed by atoms with van der Waals surface area (Å²) in [6.07, 6.45) is 1.60. The zero-order valence-corrected chi connectivity index (χ0v) is 9.78. The Hall–Kier alpha value is -2.13. The lowest BCUT2D eigenvalue weighted by atomic mass is 10.1. The van der Waals surface area contributed by atoms with E-state index in [1.54, 1.807) is 6.21 Å². The predicted molar refractivity (Wildman–Crippen MR) is 70.3 cm³/mol. The van der Waals surface area contributed by atoms with E-state index in [0.717, 1.165) is 16.8 Å². The molecule has 1 atom stereocenters. The molecule has 1 N–H and O–H groups in total. The third-order valence-corrected chi connectivity index (χ3v) is 2.97. The van der Waals surface area contributed by atoms with Gasteiger partial charge in [0.1, 0.15) is 5.69 Å². The molecule has 2 aromatic rings. The van der Waals surface area contributed by atoms with Crippen LogP contribution in [-0.4, -0.2) is 11.3 Å². The summed E-state index contributed by atoms with van der Waals surface area (Å²) in [4.78, 5) is 4.40. The standard InChI is InChI=1S/C15H13NO2/c17-10-12-7-4-8-13-15(12)18-14(9-16-13)11-5-2-1-3-6-11/h1-9,14,17H,10H2. The predicted octanol–water partition coefficient (Wildman–Crippen LogP) is 3.01. The molecule has 0 spiro atoms. The van der Waals surface area contributed by atoms with Crippen molar-refractivity contribution in [3.05, 3.63) is 59.7 Å². The van der Waals surface area contributed by atoms with Gasteiger partial charge in [0, 0.05) is 5.56 Å². The number of fused-ring (bicyclic) bond motifs is 1. The molecule has 3 rings (SSSR count). The molecule has 3 heteroatoms. The maximum atomic E-state index is 9.32. The summed E-state index contributed by atoms with van der Waals surface area (Å²) in [6.45, 7) is -0.0415. The quantitative estimate of drug-likeness (QED) is 0.875. The number of aliphatic imine (C=N–C) groups is 1. The third kappa shape index (κ3) is 1.89. The Morgan fingerprint density at radius 3 is 2.67 bits per heavy atom. The fourth-order valence-electron chi connectivity index (χ4n) is 2.04. The summed E-state index contributed by atoms with van der Waals surface area (Å²) in [5, 5.41) is 9.32. The fraction of sp³-hybridized carbons (Fsp3) is 0.133. The van der Waals surface area contributed by atoms with Crippen molar-refractivity contribution in [2.75, 3.05) is 0 Å².